The molecule has 5 aromatic carbocycles. The summed E-state index contributed by atoms with van der Waals surface area (Å²) in [4.78, 5) is 16.1. The van der Waals surface area contributed by atoms with E-state index in [1.807, 2.05) is 0 Å². The lowest BCUT2D eigenvalue weighted by molar-refractivity contribution is 0.267. The Labute approximate surface area is 329 Å². The Morgan fingerprint density at radius 2 is 1.29 bits per heavy atom. The van der Waals surface area contributed by atoms with E-state index >= 15 is 0 Å². The van der Waals surface area contributed by atoms with Gasteiger partial charge in [-0.3, -0.25) is 0 Å². The van der Waals surface area contributed by atoms with Crippen LogP contribution in [0.25, 0.3) is 33.9 Å². The van der Waals surface area contributed by atoms with Gasteiger partial charge in [-0.05, 0) is 70.6 Å². The van der Waals surface area contributed by atoms with Crippen LogP contribution in [0.4, 0.5) is 0 Å². The summed E-state index contributed by atoms with van der Waals surface area (Å²) in [5.41, 5.74) is 12.9. The summed E-state index contributed by atoms with van der Waals surface area (Å²) < 4.78 is 0. The third-order valence-electron chi connectivity index (χ3n) is 13.5. The zero-order chi connectivity index (χ0) is 37.3. The van der Waals surface area contributed by atoms with Crippen LogP contribution in [0.1, 0.15) is 59.2 Å². The van der Waals surface area contributed by atoms with E-state index in [9.17, 15) is 0 Å². The van der Waals surface area contributed by atoms with Crippen molar-refractivity contribution in [3.63, 3.8) is 0 Å². The van der Waals surface area contributed by atoms with Crippen molar-refractivity contribution in [2.45, 2.75) is 42.9 Å². The van der Waals surface area contributed by atoms with Gasteiger partial charge in [-0.1, -0.05) is 182 Å². The number of aromatic nitrogens is 3. The highest BCUT2D eigenvalue weighted by Crippen LogP contribution is 2.84. The van der Waals surface area contributed by atoms with Crippen LogP contribution in [-0.2, 0) is 11.8 Å². The molecule has 270 valence electrons. The number of hydrogen-bond donors (Lipinski definition) is 0. The minimum absolute atomic E-state index is 0.0382. The van der Waals surface area contributed by atoms with Gasteiger partial charge < -0.3 is 0 Å². The highest BCUT2D eigenvalue weighted by Gasteiger charge is 2.78. The monoisotopic (exact) mass is 721 g/mol. The molecule has 0 aliphatic heterocycles. The van der Waals surface area contributed by atoms with Crippen molar-refractivity contribution in [3.05, 3.63) is 222 Å². The number of allylic oxidation sites excluding steroid dienone is 9. The molecule has 0 amide bonds. The summed E-state index contributed by atoms with van der Waals surface area (Å²) in [5.74, 6) is 2.98. The van der Waals surface area contributed by atoms with Gasteiger partial charge in [0.25, 0.3) is 0 Å². The first-order valence-electron chi connectivity index (χ1n) is 20.3. The van der Waals surface area contributed by atoms with Crippen molar-refractivity contribution < 1.29 is 0 Å². The molecule has 5 aliphatic carbocycles. The highest BCUT2D eigenvalue weighted by molar-refractivity contribution is 5.86. The van der Waals surface area contributed by atoms with E-state index in [4.69, 9.17) is 15.0 Å². The number of benzene rings is 5. The Morgan fingerprint density at radius 3 is 1.96 bits per heavy atom. The molecule has 1 heterocycles. The van der Waals surface area contributed by atoms with Crippen LogP contribution in [0.2, 0.25) is 0 Å². The molecule has 0 N–H and O–H groups in total. The number of hydrogen-bond acceptors (Lipinski definition) is 3. The molecule has 11 rings (SSSR count). The summed E-state index contributed by atoms with van der Waals surface area (Å²) in [6.07, 6.45) is 20.8. The van der Waals surface area contributed by atoms with Crippen LogP contribution >= 0.6 is 0 Å². The average molecular weight is 722 g/mol. The molecule has 0 radical (unpaired) electrons. The molecule has 2 saturated carbocycles. The lowest BCUT2D eigenvalue weighted by Gasteiger charge is -2.56. The fraction of sp³-hybridized carbons (Fsp3) is 0.189. The fourth-order valence-corrected chi connectivity index (χ4v) is 11.5. The second-order valence-corrected chi connectivity index (χ2v) is 16.1. The summed E-state index contributed by atoms with van der Waals surface area (Å²) in [6.45, 7) is 4.06. The molecule has 5 aliphatic rings. The van der Waals surface area contributed by atoms with Gasteiger partial charge in [-0.25, -0.2) is 15.0 Å². The summed E-state index contributed by atoms with van der Waals surface area (Å²) in [7, 11) is 0. The van der Waals surface area contributed by atoms with E-state index in [-0.39, 0.29) is 34.5 Å². The maximum atomic E-state index is 5.49. The predicted octanol–water partition coefficient (Wildman–Crippen LogP) is 12.2. The Hall–Kier alpha value is -6.19. The van der Waals surface area contributed by atoms with Gasteiger partial charge in [-0.15, -0.1) is 6.58 Å². The molecule has 2 spiro atoms. The summed E-state index contributed by atoms with van der Waals surface area (Å²) in [5, 5.41) is 0. The number of fused-ring (bicyclic) bond motifs is 8. The van der Waals surface area contributed by atoms with Gasteiger partial charge in [0.05, 0.1) is 5.41 Å². The molecule has 0 saturated heterocycles. The van der Waals surface area contributed by atoms with Gasteiger partial charge in [0.1, 0.15) is 5.82 Å². The first-order chi connectivity index (χ1) is 27.8. The first-order valence-corrected chi connectivity index (χ1v) is 20.3. The van der Waals surface area contributed by atoms with Crippen molar-refractivity contribution in [2.75, 3.05) is 0 Å². The van der Waals surface area contributed by atoms with E-state index in [1.54, 1.807) is 0 Å². The van der Waals surface area contributed by atoms with Crippen LogP contribution < -0.4 is 0 Å². The Kier molecular flexibility index (Phi) is 7.67. The normalized spacial score (nSPS) is 24.2. The van der Waals surface area contributed by atoms with Crippen molar-refractivity contribution in [2.24, 2.45) is 17.3 Å². The standard InChI is InChI=1S/C53H43N3/c1-2-3-6-20-35-21-11-12-26-38(35)47-41-29-15-18-32-44(41)52(42-30-16-13-27-39(42)40-28-14-17-31-43(40)52)46-34-19-33-45-48(53(45,46)47)51-55-49(36-22-7-4-8-23-36)54-50(56-51)37-24-9-5-10-25-37/h2,4-5,7-19,21-31,33-34,44-45,47-48H,1,3,6,20,32H2/t44?,45?,47?,48-,53-/m0/s1. The zero-order valence-electron chi connectivity index (χ0n) is 31.4. The SMILES string of the molecule is C=CCCCc1ccccc1C1C2=CC=CCC2C2(C3=CC=CC4[C@@H](c5nc(-c6ccccc6)nc(-c6ccccc6)n5)[C@@]314)c1ccccc1-c1ccccc12. The predicted molar refractivity (Wildman–Crippen MR) is 227 cm³/mol. The smallest absolute Gasteiger partial charge is 0.163 e. The zero-order valence-corrected chi connectivity index (χ0v) is 31.4. The van der Waals surface area contributed by atoms with Gasteiger partial charge >= 0.3 is 0 Å². The van der Waals surface area contributed by atoms with Crippen LogP contribution in [-0.4, -0.2) is 15.0 Å². The van der Waals surface area contributed by atoms with Gasteiger partial charge in [0.2, 0.25) is 0 Å². The maximum absolute atomic E-state index is 5.49. The van der Waals surface area contributed by atoms with Crippen LogP contribution in [0.5, 0.6) is 0 Å². The molecule has 6 aromatic rings. The van der Waals surface area contributed by atoms with E-state index in [1.165, 1.54) is 44.5 Å². The number of unbranched alkanes of at least 4 members (excludes halogenated alkanes) is 1. The second kappa shape index (κ2) is 13.0. The number of nitrogens with zero attached hydrogens (tertiary/aromatic N) is 3. The quantitative estimate of drug-likeness (QED) is 0.116. The topological polar surface area (TPSA) is 38.7 Å². The van der Waals surface area contributed by atoms with E-state index in [0.29, 0.717) is 0 Å². The minimum atomic E-state index is -0.340. The second-order valence-electron chi connectivity index (χ2n) is 16.1. The molecule has 3 heteroatoms. The van der Waals surface area contributed by atoms with Crippen molar-refractivity contribution in [1.29, 1.82) is 0 Å². The lowest BCUT2D eigenvalue weighted by atomic mass is 9.46. The number of rotatable bonds is 8. The molecule has 5 atom stereocenters. The van der Waals surface area contributed by atoms with Gasteiger partial charge in [-0.2, -0.15) is 0 Å². The molecular weight excluding hydrogens is 679 g/mol. The molecule has 56 heavy (non-hydrogen) atoms. The van der Waals surface area contributed by atoms with Crippen LogP contribution in [0, 0.1) is 17.3 Å². The Balaban J connectivity index is 1.21. The minimum Gasteiger partial charge on any atom is -0.213 e. The van der Waals surface area contributed by atoms with Gasteiger partial charge in [0.15, 0.2) is 11.6 Å². The van der Waals surface area contributed by atoms with E-state index < -0.39 is 0 Å². The molecule has 3 unspecified atom stereocenters. The molecule has 0 bridgehead atoms. The van der Waals surface area contributed by atoms with Crippen molar-refractivity contribution in [3.8, 4) is 33.9 Å². The Morgan fingerprint density at radius 1 is 0.661 bits per heavy atom. The fourth-order valence-electron chi connectivity index (χ4n) is 11.5. The lowest BCUT2D eigenvalue weighted by Crippen LogP contribution is -2.50. The van der Waals surface area contributed by atoms with E-state index in [2.05, 4.69) is 183 Å². The molecule has 3 nitrogen and oxygen atoms in total. The molecule has 2 fully saturated rings. The van der Waals surface area contributed by atoms with Crippen molar-refractivity contribution >= 4 is 0 Å². The summed E-state index contributed by atoms with van der Waals surface area (Å²) in [6, 6.07) is 48.7. The number of aryl methyl sites for hydroxylation is 1. The van der Waals surface area contributed by atoms with Gasteiger partial charge in [0, 0.05) is 34.3 Å². The van der Waals surface area contributed by atoms with Crippen LogP contribution in [0.15, 0.2) is 194 Å². The Bertz CT molecular complexity index is 2540. The maximum Gasteiger partial charge on any atom is 0.163 e. The van der Waals surface area contributed by atoms with Crippen molar-refractivity contribution in [1.82, 2.24) is 15.0 Å². The highest BCUT2D eigenvalue weighted by atomic mass is 15.1. The largest absolute Gasteiger partial charge is 0.213 e. The third-order valence-corrected chi connectivity index (χ3v) is 13.5. The summed E-state index contributed by atoms with van der Waals surface area (Å²) >= 11 is 0. The molecular formula is C53H43N3. The third kappa shape index (κ3) is 4.61. The average Bonchev–Trinajstić information content (AvgIpc) is 3.86. The van der Waals surface area contributed by atoms with Crippen LogP contribution in [0.3, 0.4) is 0 Å². The molecule has 1 aromatic heterocycles. The van der Waals surface area contributed by atoms with E-state index in [0.717, 1.165) is 54.3 Å². The first kappa shape index (κ1) is 33.2.